The number of pyridine rings is 1. The molecule has 60 heavy (non-hydrogen) atoms. The summed E-state index contributed by atoms with van der Waals surface area (Å²) < 4.78 is 9.76. The maximum atomic E-state index is 14.0. The number of ether oxygens (including phenoxy) is 2. The fraction of sp³-hybridized carbons (Fsp3) is 0.489. The number of amides is 4. The number of aromatic amines is 2. The highest BCUT2D eigenvalue weighted by Crippen LogP contribution is 2.38. The number of rotatable bonds is 10. The summed E-state index contributed by atoms with van der Waals surface area (Å²) in [5, 5.41) is 7.70. The molecule has 2 aliphatic heterocycles. The molecule has 5 heterocycles. The van der Waals surface area contributed by atoms with Crippen LogP contribution in [0.25, 0.3) is 44.3 Å². The fourth-order valence-corrected chi connectivity index (χ4v) is 10.2. The smallest absolute Gasteiger partial charge is 0.407 e. The van der Waals surface area contributed by atoms with Crippen LogP contribution < -0.4 is 10.6 Å². The van der Waals surface area contributed by atoms with Crippen LogP contribution in [0.4, 0.5) is 9.59 Å². The van der Waals surface area contributed by atoms with Crippen LogP contribution in [0.2, 0.25) is 0 Å². The van der Waals surface area contributed by atoms with Gasteiger partial charge in [0.05, 0.1) is 54.9 Å². The van der Waals surface area contributed by atoms with Crippen LogP contribution >= 0.6 is 0 Å². The summed E-state index contributed by atoms with van der Waals surface area (Å²) in [5.41, 5.74) is 5.26. The van der Waals surface area contributed by atoms with E-state index in [1.165, 1.54) is 14.2 Å². The van der Waals surface area contributed by atoms with Gasteiger partial charge in [-0.1, -0.05) is 43.9 Å². The Kier molecular flexibility index (Phi) is 11.1. The van der Waals surface area contributed by atoms with Gasteiger partial charge in [-0.25, -0.2) is 19.6 Å². The molecule has 4 atom stereocenters. The van der Waals surface area contributed by atoms with Gasteiger partial charge in [-0.2, -0.15) is 0 Å². The standard InChI is InChI=1S/C45H53N9O6/c1-59-44(57)51-38(26-9-3-4-10-26)42(55)53-19-7-13-36(53)40-47-25-35(50-40)29-16-15-28-22-33(46-24-31(28)21-29)30-17-18-32-34(23-30)49-41(48-32)37-14-8-20-54(37)43(56)39(52-45(58)60-2)27-11-5-6-12-27/h15-18,21-27,36-39H,3-14,19-20H2,1-2H3,(H,47,50)(H,48,49)(H,51,57)(H,52,58)/t36-,37-,38-,39-/m0/s1. The summed E-state index contributed by atoms with van der Waals surface area (Å²) in [5.74, 6) is 1.54. The molecule has 15 heteroatoms. The van der Waals surface area contributed by atoms with Crippen molar-refractivity contribution in [2.75, 3.05) is 27.3 Å². The Hall–Kier alpha value is -5.99. The van der Waals surface area contributed by atoms with E-state index in [0.717, 1.165) is 133 Å². The molecule has 3 aromatic heterocycles. The van der Waals surface area contributed by atoms with Gasteiger partial charge in [-0.15, -0.1) is 0 Å². The second-order valence-electron chi connectivity index (χ2n) is 16.9. The number of nitrogens with one attached hydrogen (secondary N) is 4. The average molecular weight is 816 g/mol. The molecule has 4 N–H and O–H groups in total. The van der Waals surface area contributed by atoms with Gasteiger partial charge >= 0.3 is 12.2 Å². The molecule has 5 aromatic rings. The lowest BCUT2D eigenvalue weighted by Gasteiger charge is -2.31. The molecule has 15 nitrogen and oxygen atoms in total. The molecule has 2 aromatic carbocycles. The van der Waals surface area contributed by atoms with Crippen molar-refractivity contribution in [3.8, 4) is 22.5 Å². The van der Waals surface area contributed by atoms with Crippen LogP contribution in [0.15, 0.2) is 54.9 Å². The van der Waals surface area contributed by atoms with Crippen LogP contribution in [-0.4, -0.2) is 98.1 Å². The van der Waals surface area contributed by atoms with Gasteiger partial charge in [0.2, 0.25) is 11.8 Å². The van der Waals surface area contributed by atoms with Crippen LogP contribution in [0, 0.1) is 11.8 Å². The molecule has 4 amide bonds. The highest BCUT2D eigenvalue weighted by atomic mass is 16.5. The third-order valence-corrected chi connectivity index (χ3v) is 13.3. The monoisotopic (exact) mass is 815 g/mol. The Bertz CT molecular complexity index is 2400. The number of H-pyrrole nitrogens is 2. The third kappa shape index (κ3) is 7.77. The Morgan fingerprint density at radius 2 is 1.25 bits per heavy atom. The summed E-state index contributed by atoms with van der Waals surface area (Å²) >= 11 is 0. The van der Waals surface area contributed by atoms with E-state index in [1.54, 1.807) is 0 Å². The molecule has 2 saturated heterocycles. The second-order valence-corrected chi connectivity index (χ2v) is 16.9. The van der Waals surface area contributed by atoms with Crippen LogP contribution in [0.5, 0.6) is 0 Å². The van der Waals surface area contributed by atoms with E-state index in [1.807, 2.05) is 34.3 Å². The van der Waals surface area contributed by atoms with Crippen molar-refractivity contribution in [2.24, 2.45) is 11.8 Å². The first-order valence-electron chi connectivity index (χ1n) is 21.5. The number of likely N-dealkylation sites (tertiary alicyclic amines) is 2. The topological polar surface area (TPSA) is 188 Å². The summed E-state index contributed by atoms with van der Waals surface area (Å²) in [6.45, 7) is 1.23. The van der Waals surface area contributed by atoms with Crippen molar-refractivity contribution in [3.63, 3.8) is 0 Å². The van der Waals surface area contributed by atoms with Crippen molar-refractivity contribution in [2.45, 2.75) is 101 Å². The van der Waals surface area contributed by atoms with Gasteiger partial charge in [0.25, 0.3) is 0 Å². The lowest BCUT2D eigenvalue weighted by atomic mass is 9.96. The SMILES string of the molecule is COC(=O)N[C@H](C(=O)N1CCC[C@H]1c1ncc(-c2ccc3cc(-c4ccc5nc([C@@H]6CCCN6C(=O)[C@@H](NC(=O)OC)C6CCCC6)[nH]c5c4)ncc3c2)[nH]1)C1CCCC1. The Morgan fingerprint density at radius 3 is 1.87 bits per heavy atom. The quantitative estimate of drug-likeness (QED) is 0.112. The maximum absolute atomic E-state index is 14.0. The summed E-state index contributed by atoms with van der Waals surface area (Å²) in [6, 6.07) is 12.8. The van der Waals surface area contributed by atoms with Crippen molar-refractivity contribution >= 4 is 45.8 Å². The minimum Gasteiger partial charge on any atom is -0.453 e. The maximum Gasteiger partial charge on any atom is 0.407 e. The minimum absolute atomic E-state index is 0.0706. The van der Waals surface area contributed by atoms with Gasteiger partial charge in [-0.05, 0) is 92.9 Å². The number of imidazole rings is 2. The van der Waals surface area contributed by atoms with Gasteiger partial charge in [0, 0.05) is 35.8 Å². The van der Waals surface area contributed by atoms with E-state index in [-0.39, 0.29) is 35.7 Å². The second kappa shape index (κ2) is 16.9. The fourth-order valence-electron chi connectivity index (χ4n) is 10.2. The van der Waals surface area contributed by atoms with Gasteiger partial charge in [-0.3, -0.25) is 14.6 Å². The number of hydrogen-bond donors (Lipinski definition) is 4. The minimum atomic E-state index is -0.609. The number of methoxy groups -OCH3 is 2. The number of carbonyl (C=O) groups excluding carboxylic acids is 4. The van der Waals surface area contributed by atoms with E-state index < -0.39 is 24.3 Å². The lowest BCUT2D eigenvalue weighted by Crippen LogP contribution is -2.51. The summed E-state index contributed by atoms with van der Waals surface area (Å²) in [6.07, 6.45) is 13.7. The first-order chi connectivity index (χ1) is 29.3. The van der Waals surface area contributed by atoms with Crippen molar-refractivity contribution in [3.05, 3.63) is 66.5 Å². The summed E-state index contributed by atoms with van der Waals surface area (Å²) in [4.78, 5) is 77.7. The molecule has 0 spiro atoms. The molecular formula is C45H53N9O6. The predicted molar refractivity (Wildman–Crippen MR) is 224 cm³/mol. The number of carbonyl (C=O) groups is 4. The molecule has 0 radical (unpaired) electrons. The largest absolute Gasteiger partial charge is 0.453 e. The van der Waals surface area contributed by atoms with Crippen LogP contribution in [-0.2, 0) is 19.1 Å². The van der Waals surface area contributed by atoms with E-state index in [4.69, 9.17) is 24.4 Å². The molecular weight excluding hydrogens is 763 g/mol. The zero-order valence-corrected chi connectivity index (χ0v) is 34.2. The van der Waals surface area contributed by atoms with Crippen molar-refractivity contribution in [1.29, 1.82) is 0 Å². The van der Waals surface area contributed by atoms with E-state index in [0.29, 0.717) is 13.1 Å². The molecule has 4 aliphatic rings. The summed E-state index contributed by atoms with van der Waals surface area (Å²) in [7, 11) is 2.65. The highest BCUT2D eigenvalue weighted by Gasteiger charge is 2.42. The predicted octanol–water partition coefficient (Wildman–Crippen LogP) is 7.32. The number of hydrogen-bond acceptors (Lipinski definition) is 9. The van der Waals surface area contributed by atoms with E-state index >= 15 is 0 Å². The molecule has 2 saturated carbocycles. The zero-order valence-electron chi connectivity index (χ0n) is 34.2. The Balaban J connectivity index is 0.903. The number of aromatic nitrogens is 5. The highest BCUT2D eigenvalue weighted by molar-refractivity contribution is 5.91. The molecule has 4 fully saturated rings. The number of nitrogens with zero attached hydrogens (tertiary/aromatic N) is 5. The lowest BCUT2D eigenvalue weighted by molar-refractivity contribution is -0.136. The Labute approximate surface area is 348 Å². The molecule has 2 aliphatic carbocycles. The van der Waals surface area contributed by atoms with Crippen molar-refractivity contribution in [1.82, 2.24) is 45.4 Å². The number of alkyl carbamates (subject to hydrolysis) is 2. The molecule has 9 rings (SSSR count). The third-order valence-electron chi connectivity index (χ3n) is 13.3. The first kappa shape index (κ1) is 39.5. The normalized spacial score (nSPS) is 20.8. The van der Waals surface area contributed by atoms with Crippen LogP contribution in [0.3, 0.4) is 0 Å². The Morgan fingerprint density at radius 1 is 0.650 bits per heavy atom. The van der Waals surface area contributed by atoms with E-state index in [2.05, 4.69) is 50.9 Å². The number of fused-ring (bicyclic) bond motifs is 2. The molecule has 314 valence electrons. The van der Waals surface area contributed by atoms with Gasteiger partial charge in [0.15, 0.2) is 0 Å². The van der Waals surface area contributed by atoms with Gasteiger partial charge < -0.3 is 39.9 Å². The zero-order chi connectivity index (χ0) is 41.3. The first-order valence-corrected chi connectivity index (χ1v) is 21.5. The molecule has 0 unspecified atom stereocenters. The van der Waals surface area contributed by atoms with Crippen LogP contribution in [0.1, 0.15) is 101 Å². The van der Waals surface area contributed by atoms with E-state index in [9.17, 15) is 19.2 Å². The van der Waals surface area contributed by atoms with Gasteiger partial charge in [0.1, 0.15) is 23.7 Å². The average Bonchev–Trinajstić information content (AvgIpc) is 4.12. The van der Waals surface area contributed by atoms with Crippen molar-refractivity contribution < 1.29 is 28.7 Å². The molecule has 0 bridgehead atoms. The number of benzene rings is 2.